The molecule has 38 heavy (non-hydrogen) atoms. The molecular formula is C28H38N6O4. The summed E-state index contributed by atoms with van der Waals surface area (Å²) in [5.74, 6) is -1.56. The smallest absolute Gasteiger partial charge is 0.261 e. The van der Waals surface area contributed by atoms with E-state index in [0.29, 0.717) is 72.0 Å². The molecule has 0 radical (unpaired) electrons. The van der Waals surface area contributed by atoms with Gasteiger partial charge in [0, 0.05) is 46.1 Å². The molecule has 204 valence electrons. The second-order valence-corrected chi connectivity index (χ2v) is 10.2. The summed E-state index contributed by atoms with van der Waals surface area (Å²) in [7, 11) is 3.98. The first-order chi connectivity index (χ1) is 18.3. The van der Waals surface area contributed by atoms with E-state index in [-0.39, 0.29) is 0 Å². The lowest BCUT2D eigenvalue weighted by atomic mass is 9.86. The molecule has 4 rings (SSSR count). The Hall–Kier alpha value is -3.18. The third kappa shape index (κ3) is 5.35. The summed E-state index contributed by atoms with van der Waals surface area (Å²) in [5, 5.41) is 0.823. The average molecular weight is 523 g/mol. The zero-order valence-electron chi connectivity index (χ0n) is 22.4. The van der Waals surface area contributed by atoms with Crippen molar-refractivity contribution < 1.29 is 19.2 Å². The Kier molecular flexibility index (Phi) is 8.88. The first kappa shape index (κ1) is 27.8. The molecule has 0 fully saturated rings. The van der Waals surface area contributed by atoms with Gasteiger partial charge in [-0.1, -0.05) is 0 Å². The molecule has 4 amide bonds. The number of hydrogen-bond donors (Lipinski definition) is 2. The largest absolute Gasteiger partial charge is 0.330 e. The quantitative estimate of drug-likeness (QED) is 0.356. The first-order valence-electron chi connectivity index (χ1n) is 13.4. The molecule has 0 bridgehead atoms. The first-order valence-corrected chi connectivity index (χ1v) is 13.4. The number of carbonyl (C=O) groups excluding carboxylic acids is 4. The Balaban J connectivity index is 1.54. The highest BCUT2D eigenvalue weighted by Crippen LogP contribution is 2.37. The van der Waals surface area contributed by atoms with Crippen molar-refractivity contribution in [1.29, 1.82) is 0 Å². The van der Waals surface area contributed by atoms with Crippen molar-refractivity contribution in [3.05, 3.63) is 46.5 Å². The van der Waals surface area contributed by atoms with Crippen LogP contribution in [0.25, 0.3) is 10.8 Å². The number of nitrogens with two attached hydrogens (primary N) is 2. The van der Waals surface area contributed by atoms with E-state index in [4.69, 9.17) is 11.5 Å². The standard InChI is InChI=1S/C28H38N6O4/c1-31(13-3-11-29)15-5-17-33-25(35)19-7-9-21-24-22(10-8-20(23(19)24)26(33)36)28(38)34(27(21)37)18-6-16-32(2)14-4-12-30/h7-10H,3-6,11-18,29-30H2,1-2H3. The maximum Gasteiger partial charge on any atom is 0.261 e. The van der Waals surface area contributed by atoms with Crippen LogP contribution in [0.1, 0.15) is 67.1 Å². The fourth-order valence-corrected chi connectivity index (χ4v) is 5.32. The Morgan fingerprint density at radius 1 is 0.553 bits per heavy atom. The Morgan fingerprint density at radius 2 is 0.842 bits per heavy atom. The molecule has 0 saturated carbocycles. The van der Waals surface area contributed by atoms with Crippen molar-refractivity contribution in [2.45, 2.75) is 25.7 Å². The molecule has 2 aliphatic heterocycles. The molecule has 10 heteroatoms. The summed E-state index contributed by atoms with van der Waals surface area (Å²) in [6, 6.07) is 6.47. The summed E-state index contributed by atoms with van der Waals surface area (Å²) in [6.45, 7) is 5.01. The van der Waals surface area contributed by atoms with Crippen LogP contribution in [0.2, 0.25) is 0 Å². The summed E-state index contributed by atoms with van der Waals surface area (Å²) in [5.41, 5.74) is 12.6. The SMILES string of the molecule is CN(CCCN)CCCN1C(=O)c2ccc3c4c(ccc(c24)C1=O)C(=O)N(CCCN(C)CCCN)C3=O. The van der Waals surface area contributed by atoms with Crippen molar-refractivity contribution in [3.63, 3.8) is 0 Å². The predicted molar refractivity (Wildman–Crippen MR) is 146 cm³/mol. The minimum atomic E-state index is -0.390. The lowest BCUT2D eigenvalue weighted by molar-refractivity contribution is 0.0583. The minimum Gasteiger partial charge on any atom is -0.330 e. The van der Waals surface area contributed by atoms with E-state index < -0.39 is 23.6 Å². The summed E-state index contributed by atoms with van der Waals surface area (Å²) in [6.07, 6.45) is 3.05. The summed E-state index contributed by atoms with van der Waals surface area (Å²) in [4.78, 5) is 60.3. The van der Waals surface area contributed by atoms with Crippen LogP contribution >= 0.6 is 0 Å². The van der Waals surface area contributed by atoms with Crippen LogP contribution in [-0.2, 0) is 0 Å². The molecule has 0 unspecified atom stereocenters. The lowest BCUT2D eigenvalue weighted by Gasteiger charge is -2.32. The molecule has 2 aromatic rings. The molecule has 0 spiro atoms. The molecule has 0 saturated heterocycles. The van der Waals surface area contributed by atoms with Gasteiger partial charge in [-0.15, -0.1) is 0 Å². The van der Waals surface area contributed by atoms with E-state index >= 15 is 0 Å². The van der Waals surface area contributed by atoms with Crippen molar-refractivity contribution in [2.75, 3.05) is 66.5 Å². The fourth-order valence-electron chi connectivity index (χ4n) is 5.32. The Bertz CT molecular complexity index is 1080. The maximum atomic E-state index is 13.4. The predicted octanol–water partition coefficient (Wildman–Crippen LogP) is 1.37. The van der Waals surface area contributed by atoms with Gasteiger partial charge in [0.15, 0.2) is 0 Å². The summed E-state index contributed by atoms with van der Waals surface area (Å²) >= 11 is 0. The minimum absolute atomic E-state index is 0.292. The van der Waals surface area contributed by atoms with Gasteiger partial charge >= 0.3 is 0 Å². The Labute approximate surface area is 223 Å². The van der Waals surface area contributed by atoms with Crippen LogP contribution in [0.5, 0.6) is 0 Å². The van der Waals surface area contributed by atoms with Gasteiger partial charge in [0.1, 0.15) is 0 Å². The van der Waals surface area contributed by atoms with E-state index in [1.165, 1.54) is 9.80 Å². The highest BCUT2D eigenvalue weighted by atomic mass is 16.2. The van der Waals surface area contributed by atoms with E-state index in [0.717, 1.165) is 39.0 Å². The van der Waals surface area contributed by atoms with Crippen LogP contribution in [0.3, 0.4) is 0 Å². The van der Waals surface area contributed by atoms with E-state index in [2.05, 4.69) is 9.80 Å². The molecule has 2 heterocycles. The van der Waals surface area contributed by atoms with E-state index in [1.54, 1.807) is 24.3 Å². The number of imide groups is 2. The topological polar surface area (TPSA) is 133 Å². The molecule has 0 aliphatic carbocycles. The van der Waals surface area contributed by atoms with Crippen LogP contribution in [0, 0.1) is 0 Å². The number of hydrogen-bond acceptors (Lipinski definition) is 8. The van der Waals surface area contributed by atoms with Gasteiger partial charge < -0.3 is 21.3 Å². The van der Waals surface area contributed by atoms with E-state index in [9.17, 15) is 19.2 Å². The third-order valence-corrected chi connectivity index (χ3v) is 7.39. The van der Waals surface area contributed by atoms with Gasteiger partial charge in [-0.05, 0) is 103 Å². The van der Waals surface area contributed by atoms with Crippen LogP contribution < -0.4 is 11.5 Å². The van der Waals surface area contributed by atoms with Gasteiger partial charge in [-0.25, -0.2) is 0 Å². The molecule has 2 aromatic carbocycles. The molecule has 4 N–H and O–H groups in total. The lowest BCUT2D eigenvalue weighted by Crippen LogP contribution is -2.44. The molecule has 0 atom stereocenters. The number of nitrogens with zero attached hydrogens (tertiary/aromatic N) is 4. The number of carbonyl (C=O) groups is 4. The van der Waals surface area contributed by atoms with Crippen LogP contribution in [0.15, 0.2) is 24.3 Å². The fraction of sp³-hybridized carbons (Fsp3) is 0.500. The van der Waals surface area contributed by atoms with Crippen molar-refractivity contribution in [3.8, 4) is 0 Å². The Morgan fingerprint density at radius 3 is 1.13 bits per heavy atom. The number of amides is 4. The normalized spacial score (nSPS) is 15.1. The third-order valence-electron chi connectivity index (χ3n) is 7.39. The van der Waals surface area contributed by atoms with Crippen LogP contribution in [0.4, 0.5) is 0 Å². The number of benzene rings is 2. The monoisotopic (exact) mass is 522 g/mol. The van der Waals surface area contributed by atoms with Crippen molar-refractivity contribution >= 4 is 34.4 Å². The highest BCUT2D eigenvalue weighted by molar-refractivity contribution is 6.33. The second kappa shape index (κ2) is 12.1. The summed E-state index contributed by atoms with van der Waals surface area (Å²) < 4.78 is 0. The van der Waals surface area contributed by atoms with Gasteiger partial charge in [0.2, 0.25) is 0 Å². The zero-order valence-corrected chi connectivity index (χ0v) is 22.4. The molecule has 10 nitrogen and oxygen atoms in total. The van der Waals surface area contributed by atoms with Gasteiger partial charge in [-0.3, -0.25) is 29.0 Å². The molecule has 2 aliphatic rings. The van der Waals surface area contributed by atoms with E-state index in [1.807, 2.05) is 14.1 Å². The van der Waals surface area contributed by atoms with Gasteiger partial charge in [0.05, 0.1) is 0 Å². The molecule has 0 aromatic heterocycles. The van der Waals surface area contributed by atoms with Crippen LogP contribution in [-0.4, -0.2) is 110 Å². The van der Waals surface area contributed by atoms with Crippen molar-refractivity contribution in [2.24, 2.45) is 11.5 Å². The van der Waals surface area contributed by atoms with Gasteiger partial charge in [0.25, 0.3) is 23.6 Å². The highest BCUT2D eigenvalue weighted by Gasteiger charge is 2.39. The van der Waals surface area contributed by atoms with Gasteiger partial charge in [-0.2, -0.15) is 0 Å². The number of rotatable bonds is 14. The zero-order chi connectivity index (χ0) is 27.4. The molecular weight excluding hydrogens is 484 g/mol. The van der Waals surface area contributed by atoms with Crippen molar-refractivity contribution in [1.82, 2.24) is 19.6 Å². The maximum absolute atomic E-state index is 13.4. The second-order valence-electron chi connectivity index (χ2n) is 10.2. The average Bonchev–Trinajstić information content (AvgIpc) is 2.91.